The van der Waals surface area contributed by atoms with Gasteiger partial charge in [-0.1, -0.05) is 11.6 Å². The van der Waals surface area contributed by atoms with Crippen LogP contribution in [0.5, 0.6) is 0 Å². The van der Waals surface area contributed by atoms with Crippen LogP contribution in [0.3, 0.4) is 0 Å². The molecule has 2 rings (SSSR count). The molecule has 31 heavy (non-hydrogen) atoms. The average Bonchev–Trinajstić information content (AvgIpc) is 2.66. The Hall–Kier alpha value is -2.50. The molecule has 0 heterocycles. The van der Waals surface area contributed by atoms with Gasteiger partial charge in [-0.15, -0.1) is 0 Å². The van der Waals surface area contributed by atoms with E-state index in [1.807, 2.05) is 5.32 Å². The van der Waals surface area contributed by atoms with Crippen molar-refractivity contribution in [2.75, 3.05) is 36.5 Å². The van der Waals surface area contributed by atoms with E-state index in [-0.39, 0.29) is 48.6 Å². The maximum Gasteiger partial charge on any atom is 0.416 e. The van der Waals surface area contributed by atoms with E-state index in [0.717, 1.165) is 0 Å². The molecule has 170 valence electrons. The molecule has 3 N–H and O–H groups in total. The maximum absolute atomic E-state index is 13.0. The van der Waals surface area contributed by atoms with Crippen molar-refractivity contribution in [3.63, 3.8) is 0 Å². The number of aliphatic hydroxyl groups excluding tert-OH is 2. The van der Waals surface area contributed by atoms with E-state index in [4.69, 9.17) is 11.6 Å². The smallest absolute Gasteiger partial charge is 0.395 e. The summed E-state index contributed by atoms with van der Waals surface area (Å²) < 4.78 is 78.2. The lowest BCUT2D eigenvalue weighted by molar-refractivity contribution is -0.143. The molecule has 5 nitrogen and oxygen atoms in total. The molecular formula is C19H17ClF6N2O3. The van der Waals surface area contributed by atoms with Crippen LogP contribution in [0.15, 0.2) is 36.4 Å². The predicted octanol–water partition coefficient (Wildman–Crippen LogP) is 4.42. The minimum Gasteiger partial charge on any atom is -0.395 e. The summed E-state index contributed by atoms with van der Waals surface area (Å²) in [5, 5.41) is 20.5. The monoisotopic (exact) mass is 470 g/mol. The maximum atomic E-state index is 13.0. The highest BCUT2D eigenvalue weighted by atomic mass is 35.5. The van der Waals surface area contributed by atoms with Crippen LogP contribution in [0.25, 0.3) is 0 Å². The van der Waals surface area contributed by atoms with Gasteiger partial charge >= 0.3 is 12.4 Å². The largest absolute Gasteiger partial charge is 0.416 e. The molecule has 0 fully saturated rings. The van der Waals surface area contributed by atoms with Crippen LogP contribution in [0.1, 0.15) is 21.5 Å². The molecular weight excluding hydrogens is 454 g/mol. The fourth-order valence-corrected chi connectivity index (χ4v) is 2.96. The third-order valence-corrected chi connectivity index (χ3v) is 4.36. The van der Waals surface area contributed by atoms with Crippen LogP contribution < -0.4 is 10.2 Å². The lowest BCUT2D eigenvalue weighted by atomic mass is 10.1. The van der Waals surface area contributed by atoms with Crippen LogP contribution in [0, 0.1) is 0 Å². The van der Waals surface area contributed by atoms with Gasteiger partial charge in [-0.2, -0.15) is 26.3 Å². The number of halogens is 7. The summed E-state index contributed by atoms with van der Waals surface area (Å²) in [6, 6.07) is 4.68. The highest BCUT2D eigenvalue weighted by Crippen LogP contribution is 2.38. The summed E-state index contributed by atoms with van der Waals surface area (Å²) in [5.74, 6) is -1.02. The fraction of sp³-hybridized carbons (Fsp3) is 0.316. The molecule has 0 saturated carbocycles. The van der Waals surface area contributed by atoms with Crippen LogP contribution in [0.4, 0.5) is 37.7 Å². The Morgan fingerprint density at radius 2 is 1.42 bits per heavy atom. The Bertz CT molecular complexity index is 896. The molecule has 0 saturated heterocycles. The fourth-order valence-electron chi connectivity index (χ4n) is 2.79. The summed E-state index contributed by atoms with van der Waals surface area (Å²) in [6.07, 6.45) is -10.1. The molecule has 0 aliphatic heterocycles. The number of hydrogen-bond donors (Lipinski definition) is 3. The Morgan fingerprint density at radius 1 is 0.903 bits per heavy atom. The number of alkyl halides is 6. The van der Waals surface area contributed by atoms with Gasteiger partial charge in [-0.3, -0.25) is 4.79 Å². The summed E-state index contributed by atoms with van der Waals surface area (Å²) in [7, 11) is 0. The van der Waals surface area contributed by atoms with Crippen molar-refractivity contribution < 1.29 is 41.4 Å². The topological polar surface area (TPSA) is 72.8 Å². The number of hydrogen-bond acceptors (Lipinski definition) is 4. The second-order valence-corrected chi connectivity index (χ2v) is 6.78. The van der Waals surface area contributed by atoms with Gasteiger partial charge in [0, 0.05) is 29.5 Å². The highest BCUT2D eigenvalue weighted by Gasteiger charge is 2.37. The molecule has 1 amide bonds. The Kier molecular flexibility index (Phi) is 7.79. The van der Waals surface area contributed by atoms with Gasteiger partial charge in [0.25, 0.3) is 5.91 Å². The first-order valence-electron chi connectivity index (χ1n) is 8.74. The molecule has 0 radical (unpaired) electrons. The van der Waals surface area contributed by atoms with Crippen LogP contribution in [-0.4, -0.2) is 42.4 Å². The van der Waals surface area contributed by atoms with E-state index in [2.05, 4.69) is 0 Å². The number of benzene rings is 2. The molecule has 0 atom stereocenters. The first kappa shape index (κ1) is 24.8. The van der Waals surface area contributed by atoms with Crippen LogP contribution in [0.2, 0.25) is 5.02 Å². The lowest BCUT2D eigenvalue weighted by Crippen LogP contribution is -2.31. The van der Waals surface area contributed by atoms with E-state index < -0.39 is 35.1 Å². The SMILES string of the molecule is O=C(Nc1cc(C(F)(F)F)cc(C(F)(F)F)c1)c1cc(Cl)ccc1N(CCO)CCO. The second-order valence-electron chi connectivity index (χ2n) is 6.34. The van der Waals surface area contributed by atoms with Gasteiger partial charge < -0.3 is 20.4 Å². The molecule has 0 unspecified atom stereocenters. The minimum atomic E-state index is -5.07. The second kappa shape index (κ2) is 9.75. The Morgan fingerprint density at radius 3 is 1.87 bits per heavy atom. The molecule has 2 aromatic rings. The molecule has 2 aromatic carbocycles. The van der Waals surface area contributed by atoms with Gasteiger partial charge in [0.1, 0.15) is 0 Å². The number of nitrogens with one attached hydrogen (secondary N) is 1. The van der Waals surface area contributed by atoms with Gasteiger partial charge in [-0.05, 0) is 36.4 Å². The first-order chi connectivity index (χ1) is 14.4. The van der Waals surface area contributed by atoms with Crippen molar-refractivity contribution in [1.82, 2.24) is 0 Å². The van der Waals surface area contributed by atoms with E-state index in [1.54, 1.807) is 0 Å². The van der Waals surface area contributed by atoms with Crippen molar-refractivity contribution in [2.24, 2.45) is 0 Å². The third-order valence-electron chi connectivity index (χ3n) is 4.13. The van der Waals surface area contributed by atoms with E-state index in [1.165, 1.54) is 23.1 Å². The van der Waals surface area contributed by atoms with Gasteiger partial charge in [0.2, 0.25) is 0 Å². The molecule has 0 bridgehead atoms. The summed E-state index contributed by atoms with van der Waals surface area (Å²) in [5.41, 5.74) is -3.86. The van der Waals surface area contributed by atoms with Crippen molar-refractivity contribution in [3.8, 4) is 0 Å². The number of rotatable bonds is 7. The van der Waals surface area contributed by atoms with Gasteiger partial charge in [0.15, 0.2) is 0 Å². The van der Waals surface area contributed by atoms with Crippen LogP contribution >= 0.6 is 11.6 Å². The number of carbonyl (C=O) groups excluding carboxylic acids is 1. The molecule has 12 heteroatoms. The van der Waals surface area contributed by atoms with Crippen molar-refractivity contribution in [2.45, 2.75) is 12.4 Å². The summed E-state index contributed by atoms with van der Waals surface area (Å²) in [6.45, 7) is -0.674. The number of carbonyl (C=O) groups is 1. The summed E-state index contributed by atoms with van der Waals surface area (Å²) in [4.78, 5) is 14.2. The minimum absolute atomic E-state index is 0.00422. The van der Waals surface area contributed by atoms with E-state index in [0.29, 0.717) is 12.1 Å². The van der Waals surface area contributed by atoms with Crippen molar-refractivity contribution in [3.05, 3.63) is 58.1 Å². The van der Waals surface area contributed by atoms with E-state index in [9.17, 15) is 41.4 Å². The van der Waals surface area contributed by atoms with Crippen molar-refractivity contribution in [1.29, 1.82) is 0 Å². The number of amides is 1. The van der Waals surface area contributed by atoms with Gasteiger partial charge in [0.05, 0.1) is 29.9 Å². The number of aliphatic hydroxyl groups is 2. The zero-order valence-corrected chi connectivity index (χ0v) is 16.4. The normalized spacial score (nSPS) is 12.0. The Balaban J connectivity index is 2.49. The van der Waals surface area contributed by atoms with Crippen LogP contribution in [-0.2, 0) is 12.4 Å². The zero-order chi connectivity index (χ0) is 23.4. The Labute approximate surface area is 177 Å². The number of anilines is 2. The number of nitrogens with zero attached hydrogens (tertiary/aromatic N) is 1. The lowest BCUT2D eigenvalue weighted by Gasteiger charge is -2.25. The van der Waals surface area contributed by atoms with Crippen molar-refractivity contribution >= 4 is 28.9 Å². The van der Waals surface area contributed by atoms with Gasteiger partial charge in [-0.25, -0.2) is 0 Å². The quantitative estimate of drug-likeness (QED) is 0.524. The average molecular weight is 471 g/mol. The van der Waals surface area contributed by atoms with E-state index >= 15 is 0 Å². The molecule has 0 aliphatic rings. The first-order valence-corrected chi connectivity index (χ1v) is 9.11. The highest BCUT2D eigenvalue weighted by molar-refractivity contribution is 6.31. The third kappa shape index (κ3) is 6.49. The molecule has 0 aromatic heterocycles. The standard InChI is InChI=1S/C19H17ClF6N2O3/c20-13-1-2-16(28(3-5-29)4-6-30)15(10-13)17(31)27-14-8-11(18(21,22)23)7-12(9-14)19(24,25)26/h1-2,7-10,29-30H,3-6H2,(H,27,31). The summed E-state index contributed by atoms with van der Waals surface area (Å²) >= 11 is 5.90. The zero-order valence-electron chi connectivity index (χ0n) is 15.7. The molecule has 0 aliphatic carbocycles. The molecule has 0 spiro atoms. The predicted molar refractivity (Wildman–Crippen MR) is 102 cm³/mol.